The zero-order valence-electron chi connectivity index (χ0n) is 12.2. The predicted molar refractivity (Wildman–Crippen MR) is 78.1 cm³/mol. The standard InChI is InChI=1S/C16H21NO4/c1-2-12-3-5-13(6-4-12)9-15(18)17-7-8-21-11-14(17)10-16(19)20/h3-6,14H,2,7-11H2,1H3,(H,19,20). The molecule has 0 aromatic heterocycles. The molecule has 1 aromatic rings. The van der Waals surface area contributed by atoms with Crippen molar-refractivity contribution in [1.29, 1.82) is 0 Å². The van der Waals surface area contributed by atoms with Crippen LogP contribution in [-0.4, -0.2) is 47.7 Å². The second kappa shape index (κ2) is 7.22. The quantitative estimate of drug-likeness (QED) is 0.892. The number of carbonyl (C=O) groups excluding carboxylic acids is 1. The molecule has 1 atom stereocenters. The van der Waals surface area contributed by atoms with Crippen LogP contribution in [0.4, 0.5) is 0 Å². The first-order valence-corrected chi connectivity index (χ1v) is 7.27. The maximum Gasteiger partial charge on any atom is 0.305 e. The van der Waals surface area contributed by atoms with E-state index in [1.165, 1.54) is 5.56 Å². The molecule has 1 heterocycles. The van der Waals surface area contributed by atoms with E-state index >= 15 is 0 Å². The maximum atomic E-state index is 12.4. The lowest BCUT2D eigenvalue weighted by atomic mass is 10.1. The van der Waals surface area contributed by atoms with Crippen LogP contribution in [0.5, 0.6) is 0 Å². The van der Waals surface area contributed by atoms with Crippen LogP contribution in [0.25, 0.3) is 0 Å². The number of amides is 1. The molecule has 0 aliphatic carbocycles. The molecule has 0 radical (unpaired) electrons. The van der Waals surface area contributed by atoms with Crippen LogP contribution >= 0.6 is 0 Å². The van der Waals surface area contributed by atoms with Crippen molar-refractivity contribution in [2.75, 3.05) is 19.8 Å². The number of hydrogen-bond donors (Lipinski definition) is 1. The third-order valence-corrected chi connectivity index (χ3v) is 3.74. The largest absolute Gasteiger partial charge is 0.481 e. The Morgan fingerprint density at radius 1 is 1.29 bits per heavy atom. The minimum absolute atomic E-state index is 0.0335. The SMILES string of the molecule is CCc1ccc(CC(=O)N2CCOCC2CC(=O)O)cc1. The molecule has 1 N–H and O–H groups in total. The molecule has 1 saturated heterocycles. The van der Waals surface area contributed by atoms with Gasteiger partial charge in [-0.1, -0.05) is 31.2 Å². The molecule has 21 heavy (non-hydrogen) atoms. The van der Waals surface area contributed by atoms with Gasteiger partial charge in [0.05, 0.1) is 32.1 Å². The summed E-state index contributed by atoms with van der Waals surface area (Å²) in [5.74, 6) is -0.940. The van der Waals surface area contributed by atoms with Crippen LogP contribution in [0.1, 0.15) is 24.5 Å². The molecule has 114 valence electrons. The Morgan fingerprint density at radius 2 is 1.95 bits per heavy atom. The summed E-state index contributed by atoms with van der Waals surface area (Å²) in [5.41, 5.74) is 2.19. The fraction of sp³-hybridized carbons (Fsp3) is 0.500. The van der Waals surface area contributed by atoms with E-state index in [0.29, 0.717) is 26.2 Å². The Bertz CT molecular complexity index is 498. The van der Waals surface area contributed by atoms with Gasteiger partial charge in [0.2, 0.25) is 5.91 Å². The number of benzene rings is 1. The van der Waals surface area contributed by atoms with E-state index < -0.39 is 5.97 Å². The normalized spacial score (nSPS) is 18.5. The molecule has 0 bridgehead atoms. The molecule has 1 unspecified atom stereocenters. The van der Waals surface area contributed by atoms with Gasteiger partial charge in [-0.2, -0.15) is 0 Å². The Labute approximate surface area is 124 Å². The molecule has 0 spiro atoms. The molecule has 5 nitrogen and oxygen atoms in total. The highest BCUT2D eigenvalue weighted by atomic mass is 16.5. The number of hydrogen-bond acceptors (Lipinski definition) is 3. The summed E-state index contributed by atoms with van der Waals surface area (Å²) in [6.07, 6.45) is 1.21. The van der Waals surface area contributed by atoms with Gasteiger partial charge >= 0.3 is 5.97 Å². The van der Waals surface area contributed by atoms with Crippen molar-refractivity contribution in [3.63, 3.8) is 0 Å². The zero-order chi connectivity index (χ0) is 15.2. The van der Waals surface area contributed by atoms with E-state index in [-0.39, 0.29) is 18.4 Å². The number of rotatable bonds is 5. The molecule has 1 aromatic carbocycles. The average Bonchev–Trinajstić information content (AvgIpc) is 2.48. The molecule has 2 rings (SSSR count). The molecule has 1 aliphatic heterocycles. The number of nitrogens with zero attached hydrogens (tertiary/aromatic N) is 1. The van der Waals surface area contributed by atoms with Gasteiger partial charge in [0, 0.05) is 6.54 Å². The van der Waals surface area contributed by atoms with Crippen molar-refractivity contribution < 1.29 is 19.4 Å². The van der Waals surface area contributed by atoms with E-state index in [0.717, 1.165) is 12.0 Å². The molecule has 1 fully saturated rings. The topological polar surface area (TPSA) is 66.8 Å². The first-order chi connectivity index (χ1) is 10.1. The van der Waals surface area contributed by atoms with Gasteiger partial charge in [-0.25, -0.2) is 0 Å². The number of aryl methyl sites for hydroxylation is 1. The van der Waals surface area contributed by atoms with Crippen molar-refractivity contribution in [3.05, 3.63) is 35.4 Å². The maximum absolute atomic E-state index is 12.4. The predicted octanol–water partition coefficient (Wildman–Crippen LogP) is 1.49. The number of carboxylic acids is 1. The average molecular weight is 291 g/mol. The van der Waals surface area contributed by atoms with Crippen LogP contribution in [0, 0.1) is 0 Å². The summed E-state index contributed by atoms with van der Waals surface area (Å²) in [5, 5.41) is 8.92. The molecular formula is C16H21NO4. The highest BCUT2D eigenvalue weighted by Gasteiger charge is 2.28. The van der Waals surface area contributed by atoms with E-state index in [9.17, 15) is 9.59 Å². The molecule has 5 heteroatoms. The van der Waals surface area contributed by atoms with Gasteiger partial charge in [0.25, 0.3) is 0 Å². The second-order valence-electron chi connectivity index (χ2n) is 5.26. The Balaban J connectivity index is 2.00. The van der Waals surface area contributed by atoms with Gasteiger partial charge < -0.3 is 14.7 Å². The fourth-order valence-electron chi connectivity index (χ4n) is 2.52. The molecule has 1 aliphatic rings. The fourth-order valence-corrected chi connectivity index (χ4v) is 2.52. The summed E-state index contributed by atoms with van der Waals surface area (Å²) < 4.78 is 5.29. The summed E-state index contributed by atoms with van der Waals surface area (Å²) in [6, 6.07) is 7.61. The monoisotopic (exact) mass is 291 g/mol. The highest BCUT2D eigenvalue weighted by molar-refractivity contribution is 5.80. The summed E-state index contributed by atoms with van der Waals surface area (Å²) >= 11 is 0. The third-order valence-electron chi connectivity index (χ3n) is 3.74. The van der Waals surface area contributed by atoms with Crippen LogP contribution in [0.3, 0.4) is 0 Å². The number of morpholine rings is 1. The number of aliphatic carboxylic acids is 1. The lowest BCUT2D eigenvalue weighted by Crippen LogP contribution is -2.50. The molecule has 1 amide bonds. The summed E-state index contributed by atoms with van der Waals surface area (Å²) in [4.78, 5) is 24.9. The molecular weight excluding hydrogens is 270 g/mol. The number of ether oxygens (including phenoxy) is 1. The van der Waals surface area contributed by atoms with Crippen LogP contribution in [-0.2, 0) is 27.2 Å². The van der Waals surface area contributed by atoms with Crippen molar-refractivity contribution in [2.24, 2.45) is 0 Å². The smallest absolute Gasteiger partial charge is 0.305 e. The van der Waals surface area contributed by atoms with Gasteiger partial charge in [-0.05, 0) is 17.5 Å². The number of carbonyl (C=O) groups is 2. The summed E-state index contributed by atoms with van der Waals surface area (Å²) in [6.45, 7) is 3.32. The van der Waals surface area contributed by atoms with Crippen molar-refractivity contribution in [2.45, 2.75) is 32.2 Å². The Morgan fingerprint density at radius 3 is 2.57 bits per heavy atom. The lowest BCUT2D eigenvalue weighted by Gasteiger charge is -2.35. The van der Waals surface area contributed by atoms with Crippen molar-refractivity contribution in [1.82, 2.24) is 4.90 Å². The minimum atomic E-state index is -0.907. The van der Waals surface area contributed by atoms with Crippen LogP contribution in [0.15, 0.2) is 24.3 Å². The van der Waals surface area contributed by atoms with Crippen LogP contribution < -0.4 is 0 Å². The van der Waals surface area contributed by atoms with Gasteiger partial charge in [-0.15, -0.1) is 0 Å². The van der Waals surface area contributed by atoms with Gasteiger partial charge in [0.1, 0.15) is 0 Å². The minimum Gasteiger partial charge on any atom is -0.481 e. The van der Waals surface area contributed by atoms with Gasteiger partial charge in [0.15, 0.2) is 0 Å². The van der Waals surface area contributed by atoms with Gasteiger partial charge in [-0.3, -0.25) is 9.59 Å². The van der Waals surface area contributed by atoms with E-state index in [1.807, 2.05) is 24.3 Å². The zero-order valence-corrected chi connectivity index (χ0v) is 12.2. The Hall–Kier alpha value is -1.88. The van der Waals surface area contributed by atoms with Crippen molar-refractivity contribution >= 4 is 11.9 Å². The highest BCUT2D eigenvalue weighted by Crippen LogP contribution is 2.14. The van der Waals surface area contributed by atoms with E-state index in [4.69, 9.17) is 9.84 Å². The van der Waals surface area contributed by atoms with Crippen LogP contribution in [0.2, 0.25) is 0 Å². The Kier molecular flexibility index (Phi) is 5.33. The number of carboxylic acid groups (broad SMARTS) is 1. The first kappa shape index (κ1) is 15.5. The lowest BCUT2D eigenvalue weighted by molar-refractivity contribution is -0.145. The second-order valence-corrected chi connectivity index (χ2v) is 5.26. The first-order valence-electron chi connectivity index (χ1n) is 7.27. The van der Waals surface area contributed by atoms with E-state index in [2.05, 4.69) is 6.92 Å². The van der Waals surface area contributed by atoms with Crippen molar-refractivity contribution in [3.8, 4) is 0 Å². The summed E-state index contributed by atoms with van der Waals surface area (Å²) in [7, 11) is 0. The van der Waals surface area contributed by atoms with E-state index in [1.54, 1.807) is 4.90 Å². The third kappa shape index (κ3) is 4.29. The molecule has 0 saturated carbocycles.